The molecule has 1 aromatic heterocycles. The molecule has 1 unspecified atom stereocenters. The molecular formula is C26H29N3O4. The van der Waals surface area contributed by atoms with Crippen molar-refractivity contribution in [2.24, 2.45) is 0 Å². The van der Waals surface area contributed by atoms with Crippen LogP contribution in [0.1, 0.15) is 50.9 Å². The average molecular weight is 448 g/mol. The van der Waals surface area contributed by atoms with Crippen LogP contribution in [0.5, 0.6) is 5.75 Å². The molecule has 0 bridgehead atoms. The lowest BCUT2D eigenvalue weighted by Gasteiger charge is -2.28. The fraction of sp³-hybridized carbons (Fsp3) is 0.308. The Morgan fingerprint density at radius 1 is 1.06 bits per heavy atom. The van der Waals surface area contributed by atoms with Gasteiger partial charge in [0.2, 0.25) is 0 Å². The molecular weight excluding hydrogens is 418 g/mol. The molecule has 33 heavy (non-hydrogen) atoms. The Labute approximate surface area is 193 Å². The highest BCUT2D eigenvalue weighted by Gasteiger charge is 2.24. The van der Waals surface area contributed by atoms with E-state index in [2.05, 4.69) is 27.7 Å². The molecule has 2 heterocycles. The van der Waals surface area contributed by atoms with Crippen LogP contribution in [0.4, 0.5) is 5.69 Å². The molecule has 3 aromatic rings. The Bertz CT molecular complexity index is 1090. The number of carbonyl (C=O) groups is 2. The number of hydrogen-bond donors (Lipinski definition) is 2. The summed E-state index contributed by atoms with van der Waals surface area (Å²) in [6.07, 6.45) is 3.78. The molecule has 7 heteroatoms. The first-order chi connectivity index (χ1) is 16.0. The number of hydrogen-bond acceptors (Lipinski definition) is 5. The number of methoxy groups -OCH3 is 1. The molecule has 1 atom stereocenters. The fourth-order valence-corrected chi connectivity index (χ4v) is 4.12. The van der Waals surface area contributed by atoms with Crippen LogP contribution in [-0.2, 0) is 0 Å². The first-order valence-electron chi connectivity index (χ1n) is 11.2. The summed E-state index contributed by atoms with van der Waals surface area (Å²) < 4.78 is 10.4. The van der Waals surface area contributed by atoms with Crippen LogP contribution in [0.3, 0.4) is 0 Å². The Balaban J connectivity index is 1.46. The lowest BCUT2D eigenvalue weighted by atomic mass is 10.0. The van der Waals surface area contributed by atoms with Crippen molar-refractivity contribution in [3.8, 4) is 5.75 Å². The van der Waals surface area contributed by atoms with Gasteiger partial charge in [-0.2, -0.15) is 0 Å². The highest BCUT2D eigenvalue weighted by atomic mass is 16.5. The molecule has 2 amide bonds. The third kappa shape index (κ3) is 5.43. The van der Waals surface area contributed by atoms with Crippen LogP contribution in [0.25, 0.3) is 0 Å². The molecule has 2 N–H and O–H groups in total. The molecule has 2 aromatic carbocycles. The second-order valence-electron chi connectivity index (χ2n) is 8.20. The van der Waals surface area contributed by atoms with Crippen molar-refractivity contribution in [1.29, 1.82) is 0 Å². The van der Waals surface area contributed by atoms with Crippen LogP contribution in [0, 0.1) is 6.92 Å². The second kappa shape index (κ2) is 10.4. The minimum absolute atomic E-state index is 0.0888. The van der Waals surface area contributed by atoms with E-state index in [1.54, 1.807) is 31.4 Å². The molecule has 0 radical (unpaired) electrons. The summed E-state index contributed by atoms with van der Waals surface area (Å²) in [4.78, 5) is 27.8. The maximum absolute atomic E-state index is 13.0. The minimum Gasteiger partial charge on any atom is -0.497 e. The second-order valence-corrected chi connectivity index (χ2v) is 8.20. The largest absolute Gasteiger partial charge is 0.497 e. The number of nitrogens with zero attached hydrogens (tertiary/aromatic N) is 1. The zero-order valence-electron chi connectivity index (χ0n) is 19.0. The Morgan fingerprint density at radius 2 is 1.82 bits per heavy atom. The van der Waals surface area contributed by atoms with Crippen molar-refractivity contribution < 1.29 is 18.7 Å². The summed E-state index contributed by atoms with van der Waals surface area (Å²) in [6.45, 7) is 4.40. The Morgan fingerprint density at radius 3 is 2.48 bits per heavy atom. The Kier molecular flexibility index (Phi) is 7.10. The van der Waals surface area contributed by atoms with Gasteiger partial charge < -0.3 is 19.8 Å². The number of anilines is 1. The van der Waals surface area contributed by atoms with E-state index in [0.29, 0.717) is 17.8 Å². The van der Waals surface area contributed by atoms with Gasteiger partial charge in [-0.1, -0.05) is 18.2 Å². The van der Waals surface area contributed by atoms with Crippen LogP contribution >= 0.6 is 0 Å². The van der Waals surface area contributed by atoms with Gasteiger partial charge in [-0.05, 0) is 80.4 Å². The Hall–Kier alpha value is -3.58. The van der Waals surface area contributed by atoms with Gasteiger partial charge in [-0.25, -0.2) is 0 Å². The number of aryl methyl sites for hydroxylation is 1. The van der Waals surface area contributed by atoms with E-state index < -0.39 is 0 Å². The summed E-state index contributed by atoms with van der Waals surface area (Å²) in [6, 6.07) is 16.7. The summed E-state index contributed by atoms with van der Waals surface area (Å²) in [5.74, 6) is 0.499. The number of rotatable bonds is 8. The number of likely N-dealkylation sites (tertiary alicyclic amines) is 1. The monoisotopic (exact) mass is 447 g/mol. The van der Waals surface area contributed by atoms with E-state index in [9.17, 15) is 9.59 Å². The highest BCUT2D eigenvalue weighted by Crippen LogP contribution is 2.26. The lowest BCUT2D eigenvalue weighted by molar-refractivity contribution is 0.0936. The third-order valence-corrected chi connectivity index (χ3v) is 6.03. The standard InChI is InChI=1S/C26H29N3O4/c1-18-7-8-20(16-22(18)28-26(31)24-6-5-15-33-24)25(30)27-17-23(29-13-3-4-14-29)19-9-11-21(32-2)12-10-19/h5-12,15-16,23H,3-4,13-14,17H2,1-2H3,(H,27,30)(H,28,31). The summed E-state index contributed by atoms with van der Waals surface area (Å²) >= 11 is 0. The topological polar surface area (TPSA) is 83.8 Å². The number of carbonyl (C=O) groups excluding carboxylic acids is 2. The number of benzene rings is 2. The summed E-state index contributed by atoms with van der Waals surface area (Å²) in [5, 5.41) is 5.91. The van der Waals surface area contributed by atoms with Crippen LogP contribution in [0.15, 0.2) is 65.3 Å². The van der Waals surface area contributed by atoms with E-state index in [4.69, 9.17) is 9.15 Å². The van der Waals surface area contributed by atoms with E-state index in [0.717, 1.165) is 42.8 Å². The van der Waals surface area contributed by atoms with Gasteiger partial charge in [-0.15, -0.1) is 0 Å². The molecule has 172 valence electrons. The van der Waals surface area contributed by atoms with Crippen LogP contribution in [-0.4, -0.2) is 43.5 Å². The predicted octanol–water partition coefficient (Wildman–Crippen LogP) is 4.42. The number of amides is 2. The molecule has 1 saturated heterocycles. The van der Waals surface area contributed by atoms with Crippen molar-refractivity contribution in [3.05, 3.63) is 83.3 Å². The van der Waals surface area contributed by atoms with Gasteiger partial charge in [0.15, 0.2) is 5.76 Å². The lowest BCUT2D eigenvalue weighted by Crippen LogP contribution is -2.36. The quantitative estimate of drug-likeness (QED) is 0.534. The smallest absolute Gasteiger partial charge is 0.291 e. The zero-order valence-corrected chi connectivity index (χ0v) is 19.0. The van der Waals surface area contributed by atoms with Crippen molar-refractivity contribution in [2.45, 2.75) is 25.8 Å². The van der Waals surface area contributed by atoms with Crippen molar-refractivity contribution in [1.82, 2.24) is 10.2 Å². The molecule has 0 saturated carbocycles. The summed E-state index contributed by atoms with van der Waals surface area (Å²) in [5.41, 5.74) is 3.08. The number of nitrogens with one attached hydrogen (secondary N) is 2. The minimum atomic E-state index is -0.353. The van der Waals surface area contributed by atoms with Gasteiger partial charge >= 0.3 is 0 Å². The van der Waals surface area contributed by atoms with Gasteiger partial charge in [0, 0.05) is 17.8 Å². The molecule has 0 aliphatic carbocycles. The molecule has 1 aliphatic heterocycles. The fourth-order valence-electron chi connectivity index (χ4n) is 4.12. The first-order valence-corrected chi connectivity index (χ1v) is 11.2. The maximum Gasteiger partial charge on any atom is 0.291 e. The number of ether oxygens (including phenoxy) is 1. The van der Waals surface area contributed by atoms with Gasteiger partial charge in [0.05, 0.1) is 19.4 Å². The van der Waals surface area contributed by atoms with E-state index >= 15 is 0 Å². The van der Waals surface area contributed by atoms with Crippen LogP contribution in [0.2, 0.25) is 0 Å². The van der Waals surface area contributed by atoms with Crippen molar-refractivity contribution in [2.75, 3.05) is 32.1 Å². The predicted molar refractivity (Wildman–Crippen MR) is 127 cm³/mol. The van der Waals surface area contributed by atoms with Crippen molar-refractivity contribution in [3.63, 3.8) is 0 Å². The maximum atomic E-state index is 13.0. The summed E-state index contributed by atoms with van der Waals surface area (Å²) in [7, 11) is 1.65. The van der Waals surface area contributed by atoms with E-state index in [1.165, 1.54) is 6.26 Å². The average Bonchev–Trinajstić information content (AvgIpc) is 3.56. The van der Waals surface area contributed by atoms with E-state index in [-0.39, 0.29) is 23.6 Å². The van der Waals surface area contributed by atoms with E-state index in [1.807, 2.05) is 25.1 Å². The molecule has 7 nitrogen and oxygen atoms in total. The molecule has 1 aliphatic rings. The zero-order chi connectivity index (χ0) is 23.2. The normalized spacial score (nSPS) is 14.6. The van der Waals surface area contributed by atoms with Crippen LogP contribution < -0.4 is 15.4 Å². The molecule has 1 fully saturated rings. The highest BCUT2D eigenvalue weighted by molar-refractivity contribution is 6.03. The van der Waals surface area contributed by atoms with Gasteiger partial charge in [0.25, 0.3) is 11.8 Å². The molecule has 0 spiro atoms. The third-order valence-electron chi connectivity index (χ3n) is 6.03. The van der Waals surface area contributed by atoms with Crippen molar-refractivity contribution >= 4 is 17.5 Å². The first kappa shape index (κ1) is 22.6. The SMILES string of the molecule is COc1ccc(C(CNC(=O)c2ccc(C)c(NC(=O)c3ccco3)c2)N2CCCC2)cc1. The number of furan rings is 1. The molecule has 4 rings (SSSR count). The van der Waals surface area contributed by atoms with Gasteiger partial charge in [-0.3, -0.25) is 14.5 Å². The van der Waals surface area contributed by atoms with Gasteiger partial charge in [0.1, 0.15) is 5.75 Å².